The number of rotatable bonds is 2. The molecular weight excluding hydrogens is 182 g/mol. The molecule has 0 aromatic heterocycles. The summed E-state index contributed by atoms with van der Waals surface area (Å²) in [6.07, 6.45) is 5.34. The first-order chi connectivity index (χ1) is 6.29. The SMILES string of the molecule is CCSC(=O)NC1CC2CCC1C2. The summed E-state index contributed by atoms with van der Waals surface area (Å²) in [5, 5.41) is 3.32. The van der Waals surface area contributed by atoms with Crippen molar-refractivity contribution in [2.75, 3.05) is 5.75 Å². The van der Waals surface area contributed by atoms with E-state index in [1.54, 1.807) is 0 Å². The minimum Gasteiger partial charge on any atom is -0.344 e. The van der Waals surface area contributed by atoms with Gasteiger partial charge in [-0.3, -0.25) is 4.79 Å². The highest BCUT2D eigenvalue weighted by Gasteiger charge is 2.39. The topological polar surface area (TPSA) is 29.1 Å². The summed E-state index contributed by atoms with van der Waals surface area (Å²) in [5.74, 6) is 2.60. The van der Waals surface area contributed by atoms with E-state index in [-0.39, 0.29) is 5.24 Å². The second kappa shape index (κ2) is 3.91. The fraction of sp³-hybridized carbons (Fsp3) is 0.900. The molecule has 1 N–H and O–H groups in total. The van der Waals surface area contributed by atoms with E-state index in [9.17, 15) is 4.79 Å². The van der Waals surface area contributed by atoms with Gasteiger partial charge < -0.3 is 5.32 Å². The average Bonchev–Trinajstić information content (AvgIpc) is 2.65. The highest BCUT2D eigenvalue weighted by molar-refractivity contribution is 8.13. The van der Waals surface area contributed by atoms with Crippen LogP contribution in [-0.2, 0) is 0 Å². The first-order valence-corrected chi connectivity index (χ1v) is 6.21. The summed E-state index contributed by atoms with van der Waals surface area (Å²) in [5.41, 5.74) is 0. The Kier molecular flexibility index (Phi) is 2.82. The molecule has 2 fully saturated rings. The number of hydrogen-bond acceptors (Lipinski definition) is 2. The number of hydrogen-bond donors (Lipinski definition) is 1. The van der Waals surface area contributed by atoms with E-state index in [1.165, 1.54) is 37.4 Å². The molecule has 13 heavy (non-hydrogen) atoms. The molecule has 0 spiro atoms. The molecule has 0 heterocycles. The highest BCUT2D eigenvalue weighted by atomic mass is 32.2. The molecule has 2 bridgehead atoms. The van der Waals surface area contributed by atoms with E-state index in [2.05, 4.69) is 5.32 Å². The second-order valence-electron chi connectivity index (χ2n) is 4.15. The summed E-state index contributed by atoms with van der Waals surface area (Å²) < 4.78 is 0. The van der Waals surface area contributed by atoms with Crippen molar-refractivity contribution < 1.29 is 4.79 Å². The third-order valence-corrected chi connectivity index (χ3v) is 3.99. The molecule has 0 saturated heterocycles. The van der Waals surface area contributed by atoms with Crippen molar-refractivity contribution in [2.45, 2.75) is 38.6 Å². The third kappa shape index (κ3) is 2.01. The summed E-state index contributed by atoms with van der Waals surface area (Å²) in [4.78, 5) is 11.3. The number of amides is 1. The molecule has 0 radical (unpaired) electrons. The lowest BCUT2D eigenvalue weighted by Gasteiger charge is -2.22. The Morgan fingerprint density at radius 3 is 2.85 bits per heavy atom. The molecular formula is C10H17NOS. The fourth-order valence-electron chi connectivity index (χ4n) is 2.75. The van der Waals surface area contributed by atoms with Crippen molar-refractivity contribution in [2.24, 2.45) is 11.8 Å². The Bertz CT molecular complexity index is 207. The molecule has 2 aliphatic carbocycles. The van der Waals surface area contributed by atoms with E-state index in [0.29, 0.717) is 6.04 Å². The smallest absolute Gasteiger partial charge is 0.279 e. The first kappa shape index (κ1) is 9.38. The van der Waals surface area contributed by atoms with Gasteiger partial charge >= 0.3 is 0 Å². The van der Waals surface area contributed by atoms with Crippen LogP contribution in [0.3, 0.4) is 0 Å². The van der Waals surface area contributed by atoms with Crippen molar-refractivity contribution in [3.05, 3.63) is 0 Å². The lowest BCUT2D eigenvalue weighted by atomic mass is 9.96. The molecule has 0 aromatic carbocycles. The van der Waals surface area contributed by atoms with Gasteiger partial charge in [0.25, 0.3) is 5.24 Å². The van der Waals surface area contributed by atoms with Crippen molar-refractivity contribution >= 4 is 17.0 Å². The normalized spacial score (nSPS) is 36.5. The van der Waals surface area contributed by atoms with Crippen molar-refractivity contribution in [1.29, 1.82) is 0 Å². The quantitative estimate of drug-likeness (QED) is 0.740. The van der Waals surface area contributed by atoms with Gasteiger partial charge in [0, 0.05) is 6.04 Å². The highest BCUT2D eigenvalue weighted by Crippen LogP contribution is 2.44. The lowest BCUT2D eigenvalue weighted by Crippen LogP contribution is -2.36. The van der Waals surface area contributed by atoms with Crippen LogP contribution >= 0.6 is 11.8 Å². The summed E-state index contributed by atoms with van der Waals surface area (Å²) >= 11 is 1.40. The van der Waals surface area contributed by atoms with Crippen LogP contribution in [0.15, 0.2) is 0 Å². The van der Waals surface area contributed by atoms with Gasteiger partial charge in [-0.15, -0.1) is 0 Å². The molecule has 2 aliphatic rings. The molecule has 2 saturated carbocycles. The van der Waals surface area contributed by atoms with Crippen LogP contribution < -0.4 is 5.32 Å². The minimum absolute atomic E-state index is 0.181. The maximum Gasteiger partial charge on any atom is 0.279 e. The van der Waals surface area contributed by atoms with Gasteiger partial charge in [0.15, 0.2) is 0 Å². The minimum atomic E-state index is 0.181. The van der Waals surface area contributed by atoms with Gasteiger partial charge in [-0.05, 0) is 36.9 Å². The molecule has 3 heteroatoms. The Balaban J connectivity index is 1.79. The molecule has 3 atom stereocenters. The average molecular weight is 199 g/mol. The van der Waals surface area contributed by atoms with Crippen LogP contribution in [0, 0.1) is 11.8 Å². The van der Waals surface area contributed by atoms with Gasteiger partial charge in [0.1, 0.15) is 0 Å². The van der Waals surface area contributed by atoms with Gasteiger partial charge in [-0.25, -0.2) is 0 Å². The van der Waals surface area contributed by atoms with Crippen molar-refractivity contribution in [3.63, 3.8) is 0 Å². The monoisotopic (exact) mass is 199 g/mol. The van der Waals surface area contributed by atoms with E-state index in [1.807, 2.05) is 6.92 Å². The molecule has 2 rings (SSSR count). The largest absolute Gasteiger partial charge is 0.344 e. The zero-order chi connectivity index (χ0) is 9.26. The first-order valence-electron chi connectivity index (χ1n) is 5.23. The van der Waals surface area contributed by atoms with E-state index < -0.39 is 0 Å². The van der Waals surface area contributed by atoms with Gasteiger partial charge in [0.05, 0.1) is 0 Å². The van der Waals surface area contributed by atoms with Crippen LogP contribution in [0.4, 0.5) is 4.79 Å². The zero-order valence-electron chi connectivity index (χ0n) is 8.08. The predicted octanol–water partition coefficient (Wildman–Crippen LogP) is 2.64. The number of thioether (sulfide) groups is 1. The Morgan fingerprint density at radius 2 is 2.31 bits per heavy atom. The van der Waals surface area contributed by atoms with E-state index >= 15 is 0 Å². The van der Waals surface area contributed by atoms with E-state index in [0.717, 1.165) is 17.6 Å². The predicted molar refractivity (Wildman–Crippen MR) is 55.9 cm³/mol. The molecule has 74 valence electrons. The second-order valence-corrected chi connectivity index (χ2v) is 5.38. The summed E-state index contributed by atoms with van der Waals surface area (Å²) in [6, 6.07) is 0.505. The van der Waals surface area contributed by atoms with E-state index in [4.69, 9.17) is 0 Å². The number of fused-ring (bicyclic) bond motifs is 2. The van der Waals surface area contributed by atoms with Gasteiger partial charge in [-0.1, -0.05) is 25.1 Å². The molecule has 2 nitrogen and oxygen atoms in total. The Morgan fingerprint density at radius 1 is 1.46 bits per heavy atom. The molecule has 0 aliphatic heterocycles. The van der Waals surface area contributed by atoms with Crippen LogP contribution in [-0.4, -0.2) is 17.0 Å². The van der Waals surface area contributed by atoms with Gasteiger partial charge in [-0.2, -0.15) is 0 Å². The van der Waals surface area contributed by atoms with Crippen molar-refractivity contribution in [1.82, 2.24) is 5.32 Å². The summed E-state index contributed by atoms with van der Waals surface area (Å²) in [6.45, 7) is 2.02. The van der Waals surface area contributed by atoms with Gasteiger partial charge in [0.2, 0.25) is 0 Å². The van der Waals surface area contributed by atoms with Crippen molar-refractivity contribution in [3.8, 4) is 0 Å². The maximum atomic E-state index is 11.3. The fourth-order valence-corrected chi connectivity index (χ4v) is 3.24. The Labute approximate surface area is 83.8 Å². The Hall–Kier alpha value is -0.180. The van der Waals surface area contributed by atoms with Crippen LogP contribution in [0.2, 0.25) is 0 Å². The molecule has 0 aromatic rings. The van der Waals surface area contributed by atoms with Crippen LogP contribution in [0.25, 0.3) is 0 Å². The number of nitrogens with one attached hydrogen (secondary N) is 1. The lowest BCUT2D eigenvalue weighted by molar-refractivity contribution is 0.251. The molecule has 3 unspecified atom stereocenters. The van der Waals surface area contributed by atoms with Crippen LogP contribution in [0.1, 0.15) is 32.6 Å². The zero-order valence-corrected chi connectivity index (χ0v) is 8.90. The maximum absolute atomic E-state index is 11.3. The standard InChI is InChI=1S/C10H17NOS/c1-2-13-10(12)11-9-6-7-3-4-8(9)5-7/h7-9H,2-6H2,1H3,(H,11,12). The number of carbonyl (C=O) groups is 1. The molecule has 1 amide bonds. The van der Waals surface area contributed by atoms with Crippen LogP contribution in [0.5, 0.6) is 0 Å². The third-order valence-electron chi connectivity index (χ3n) is 3.32. The number of carbonyl (C=O) groups excluding carboxylic acids is 1. The summed E-state index contributed by atoms with van der Waals surface area (Å²) in [7, 11) is 0.